The highest BCUT2D eigenvalue weighted by atomic mass is 32.2. The van der Waals surface area contributed by atoms with E-state index in [0.717, 1.165) is 13.1 Å². The highest BCUT2D eigenvalue weighted by Gasteiger charge is 2.32. The number of benzene rings is 2. The predicted octanol–water partition coefficient (Wildman–Crippen LogP) is 2.82. The van der Waals surface area contributed by atoms with Crippen molar-refractivity contribution in [3.8, 4) is 0 Å². The second kappa shape index (κ2) is 11.6. The van der Waals surface area contributed by atoms with Crippen molar-refractivity contribution in [3.63, 3.8) is 0 Å². The third-order valence-electron chi connectivity index (χ3n) is 5.18. The van der Waals surface area contributed by atoms with Crippen LogP contribution in [0.5, 0.6) is 0 Å². The lowest BCUT2D eigenvalue weighted by atomic mass is 10.1. The predicted molar refractivity (Wildman–Crippen MR) is 130 cm³/mol. The fourth-order valence-corrected chi connectivity index (χ4v) is 4.53. The minimum Gasteiger partial charge on any atom is -0.387 e. The Morgan fingerprint density at radius 3 is 2.55 bits per heavy atom. The summed E-state index contributed by atoms with van der Waals surface area (Å²) in [6, 6.07) is 15.6. The number of hydrogen-bond donors (Lipinski definition) is 3. The van der Waals surface area contributed by atoms with E-state index in [9.17, 15) is 19.5 Å². The molecule has 3 amide bonds. The molecule has 174 valence electrons. The maximum Gasteiger partial charge on any atom is 0.262 e. The molecule has 0 aromatic heterocycles. The van der Waals surface area contributed by atoms with Crippen molar-refractivity contribution < 1.29 is 19.5 Å². The lowest BCUT2D eigenvalue weighted by molar-refractivity contribution is -0.121. The van der Waals surface area contributed by atoms with Crippen molar-refractivity contribution in [2.45, 2.75) is 31.6 Å². The zero-order chi connectivity index (χ0) is 23.8. The Bertz CT molecular complexity index is 1020. The smallest absolute Gasteiger partial charge is 0.262 e. The van der Waals surface area contributed by atoms with Gasteiger partial charge in [-0.1, -0.05) is 48.2 Å². The minimum atomic E-state index is -0.817. The first-order valence-corrected chi connectivity index (χ1v) is 11.7. The van der Waals surface area contributed by atoms with Crippen molar-refractivity contribution in [2.24, 2.45) is 4.99 Å². The number of hydrogen-bond acceptors (Lipinski definition) is 6. The summed E-state index contributed by atoms with van der Waals surface area (Å²) in [5, 5.41) is 15.8. The molecule has 2 aromatic carbocycles. The van der Waals surface area contributed by atoms with Gasteiger partial charge in [-0.05, 0) is 37.6 Å². The average Bonchev–Trinajstić information content (AvgIpc) is 3.18. The summed E-state index contributed by atoms with van der Waals surface area (Å²) in [5.41, 5.74) is 1.52. The van der Waals surface area contributed by atoms with Crippen LogP contribution in [-0.2, 0) is 9.59 Å². The molecule has 0 saturated carbocycles. The lowest BCUT2D eigenvalue weighted by Gasteiger charge is -2.19. The molecule has 0 unspecified atom stereocenters. The molecule has 0 fully saturated rings. The molecular weight excluding hydrogens is 440 g/mol. The van der Waals surface area contributed by atoms with Crippen molar-refractivity contribution in [1.29, 1.82) is 0 Å². The van der Waals surface area contributed by atoms with E-state index >= 15 is 0 Å². The van der Waals surface area contributed by atoms with Gasteiger partial charge >= 0.3 is 0 Å². The summed E-state index contributed by atoms with van der Waals surface area (Å²) in [6.45, 7) is 5.53. The number of amides is 3. The fraction of sp³-hybridized carbons (Fsp3) is 0.333. The molecule has 1 aliphatic rings. The van der Waals surface area contributed by atoms with E-state index in [1.807, 2.05) is 36.9 Å². The van der Waals surface area contributed by atoms with Crippen LogP contribution in [0.25, 0.3) is 0 Å². The molecule has 3 N–H and O–H groups in total. The number of amidine groups is 1. The van der Waals surface area contributed by atoms with Crippen LogP contribution in [0.15, 0.2) is 59.6 Å². The molecule has 1 aliphatic heterocycles. The number of rotatable bonds is 9. The molecule has 2 atom stereocenters. The van der Waals surface area contributed by atoms with Crippen LogP contribution in [0.4, 0.5) is 5.69 Å². The van der Waals surface area contributed by atoms with Gasteiger partial charge in [0, 0.05) is 37.3 Å². The lowest BCUT2D eigenvalue weighted by Crippen LogP contribution is -2.28. The Labute approximate surface area is 197 Å². The Morgan fingerprint density at radius 2 is 1.85 bits per heavy atom. The Hall–Kier alpha value is -3.17. The molecule has 0 spiro atoms. The number of thioether (sulfide) groups is 1. The number of carbonyl (C=O) groups is 3. The van der Waals surface area contributed by atoms with E-state index in [1.165, 1.54) is 11.8 Å². The number of carbonyl (C=O) groups excluding carboxylic acids is 3. The normalized spacial score (nSPS) is 16.2. The number of nitrogens with zero attached hydrogens (tertiary/aromatic N) is 2. The molecular formula is C24H28N4O4S. The molecule has 0 saturated heterocycles. The molecule has 1 heterocycles. The van der Waals surface area contributed by atoms with Crippen molar-refractivity contribution in [1.82, 2.24) is 10.2 Å². The summed E-state index contributed by atoms with van der Waals surface area (Å²) in [4.78, 5) is 43.3. The summed E-state index contributed by atoms with van der Waals surface area (Å²) in [7, 11) is 0. The topological polar surface area (TPSA) is 111 Å². The second-order valence-electron chi connectivity index (χ2n) is 7.48. The summed E-state index contributed by atoms with van der Waals surface area (Å²) in [5.74, 6) is -0.990. The SMILES string of the molecule is CCN(CC)C1=NC(=O)[C@@H](CC(=O)Nc2cccc(C(=O)NC[C@@H](O)c3ccccc3)c2)S1. The van der Waals surface area contributed by atoms with Crippen molar-refractivity contribution in [3.05, 3.63) is 65.7 Å². The molecule has 0 aliphatic carbocycles. The molecule has 2 aromatic rings. The van der Waals surface area contributed by atoms with Crippen LogP contribution in [0.2, 0.25) is 0 Å². The standard InChI is InChI=1S/C24H28N4O4S/c1-3-28(4-2)24-27-23(32)20(33-24)14-21(30)26-18-12-8-11-17(13-18)22(31)25-15-19(29)16-9-6-5-7-10-16/h5-13,19-20,29H,3-4,14-15H2,1-2H3,(H,25,31)(H,26,30)/t19-,20-/m1/s1. The number of aliphatic hydroxyl groups excluding tert-OH is 1. The van der Waals surface area contributed by atoms with Crippen LogP contribution >= 0.6 is 11.8 Å². The van der Waals surface area contributed by atoms with E-state index in [4.69, 9.17) is 0 Å². The van der Waals surface area contributed by atoms with Gasteiger partial charge in [0.25, 0.3) is 11.8 Å². The quantitative estimate of drug-likeness (QED) is 0.522. The first-order chi connectivity index (χ1) is 15.9. The van der Waals surface area contributed by atoms with Crippen LogP contribution in [-0.4, -0.2) is 57.8 Å². The van der Waals surface area contributed by atoms with Crippen LogP contribution in [0.3, 0.4) is 0 Å². The maximum absolute atomic E-state index is 12.5. The monoisotopic (exact) mass is 468 g/mol. The minimum absolute atomic E-state index is 0.00252. The zero-order valence-electron chi connectivity index (χ0n) is 18.7. The van der Waals surface area contributed by atoms with Crippen LogP contribution < -0.4 is 10.6 Å². The summed E-state index contributed by atoms with van der Waals surface area (Å²) in [6.07, 6.45) is -0.819. The van der Waals surface area contributed by atoms with Gasteiger partial charge in [-0.3, -0.25) is 14.4 Å². The first kappa shape index (κ1) is 24.5. The molecule has 0 radical (unpaired) electrons. The first-order valence-electron chi connectivity index (χ1n) is 10.9. The Balaban J connectivity index is 1.53. The molecule has 9 heteroatoms. The van der Waals surface area contributed by atoms with Gasteiger partial charge in [0.2, 0.25) is 5.91 Å². The van der Waals surface area contributed by atoms with E-state index < -0.39 is 11.4 Å². The van der Waals surface area contributed by atoms with Gasteiger partial charge < -0.3 is 20.6 Å². The van der Waals surface area contributed by atoms with Gasteiger partial charge in [-0.15, -0.1) is 0 Å². The third kappa shape index (κ3) is 6.66. The highest BCUT2D eigenvalue weighted by Crippen LogP contribution is 2.27. The highest BCUT2D eigenvalue weighted by molar-refractivity contribution is 8.15. The molecule has 8 nitrogen and oxygen atoms in total. The Morgan fingerprint density at radius 1 is 1.12 bits per heavy atom. The fourth-order valence-electron chi connectivity index (χ4n) is 3.34. The van der Waals surface area contributed by atoms with Gasteiger partial charge in [-0.2, -0.15) is 4.99 Å². The van der Waals surface area contributed by atoms with E-state index in [0.29, 0.717) is 22.0 Å². The van der Waals surface area contributed by atoms with Gasteiger partial charge in [-0.25, -0.2) is 0 Å². The molecule has 3 rings (SSSR count). The number of anilines is 1. The van der Waals surface area contributed by atoms with Crippen LogP contribution in [0, 0.1) is 0 Å². The number of aliphatic imine (C=N–C) groups is 1. The van der Waals surface area contributed by atoms with Gasteiger partial charge in [0.1, 0.15) is 5.25 Å². The number of nitrogens with one attached hydrogen (secondary N) is 2. The van der Waals surface area contributed by atoms with E-state index in [1.54, 1.807) is 36.4 Å². The summed E-state index contributed by atoms with van der Waals surface area (Å²) < 4.78 is 0. The number of aliphatic hydroxyl groups is 1. The van der Waals surface area contributed by atoms with E-state index in [2.05, 4.69) is 15.6 Å². The third-order valence-corrected chi connectivity index (χ3v) is 6.40. The average molecular weight is 469 g/mol. The zero-order valence-corrected chi connectivity index (χ0v) is 19.5. The van der Waals surface area contributed by atoms with E-state index in [-0.39, 0.29) is 30.7 Å². The largest absolute Gasteiger partial charge is 0.387 e. The Kier molecular flexibility index (Phi) is 8.62. The van der Waals surface area contributed by atoms with Crippen molar-refractivity contribution in [2.75, 3.05) is 25.0 Å². The maximum atomic E-state index is 12.5. The molecule has 33 heavy (non-hydrogen) atoms. The van der Waals surface area contributed by atoms with Gasteiger partial charge in [0.15, 0.2) is 5.17 Å². The van der Waals surface area contributed by atoms with Crippen molar-refractivity contribution >= 4 is 40.3 Å². The van der Waals surface area contributed by atoms with Crippen LogP contribution in [0.1, 0.15) is 42.3 Å². The second-order valence-corrected chi connectivity index (χ2v) is 8.65. The summed E-state index contributed by atoms with van der Waals surface area (Å²) >= 11 is 1.31. The van der Waals surface area contributed by atoms with Gasteiger partial charge in [0.05, 0.1) is 6.10 Å². The molecule has 0 bridgehead atoms.